The Labute approximate surface area is 153 Å². The van der Waals surface area contributed by atoms with Crippen molar-refractivity contribution in [3.05, 3.63) is 65.2 Å². The third kappa shape index (κ3) is 3.51. The maximum Gasteiger partial charge on any atom is 0.226 e. The molecule has 0 aromatic heterocycles. The van der Waals surface area contributed by atoms with Crippen molar-refractivity contribution in [1.82, 2.24) is 9.80 Å². The van der Waals surface area contributed by atoms with Crippen molar-refractivity contribution in [2.75, 3.05) is 37.7 Å². The van der Waals surface area contributed by atoms with Gasteiger partial charge >= 0.3 is 0 Å². The van der Waals surface area contributed by atoms with E-state index in [0.717, 1.165) is 37.9 Å². The van der Waals surface area contributed by atoms with Crippen molar-refractivity contribution in [3.63, 3.8) is 0 Å². The lowest BCUT2D eigenvalue weighted by Gasteiger charge is -2.45. The molecule has 4 rings (SSSR count). The summed E-state index contributed by atoms with van der Waals surface area (Å²) in [5.74, 6) is 0.256. The fourth-order valence-electron chi connectivity index (χ4n) is 3.64. The lowest BCUT2D eigenvalue weighted by Crippen LogP contribution is -2.55. The molecule has 4 nitrogen and oxygen atoms in total. The number of nitrogens with zero attached hydrogens (tertiary/aromatic N) is 3. The minimum atomic E-state index is 0.236. The van der Waals surface area contributed by atoms with Gasteiger partial charge in [-0.1, -0.05) is 48.0 Å². The van der Waals surface area contributed by atoms with Crippen LogP contribution in [-0.4, -0.2) is 48.6 Å². The van der Waals surface area contributed by atoms with Gasteiger partial charge in [0.15, 0.2) is 0 Å². The molecule has 2 aliphatic rings. The van der Waals surface area contributed by atoms with Gasteiger partial charge in [0.25, 0.3) is 0 Å². The minimum absolute atomic E-state index is 0.236. The van der Waals surface area contributed by atoms with E-state index in [0.29, 0.717) is 6.42 Å². The molecule has 2 saturated heterocycles. The van der Waals surface area contributed by atoms with E-state index in [9.17, 15) is 4.79 Å². The van der Waals surface area contributed by atoms with Crippen LogP contribution in [0.5, 0.6) is 0 Å². The van der Waals surface area contributed by atoms with Gasteiger partial charge in [-0.2, -0.15) is 0 Å². The molecule has 2 aliphatic heterocycles. The highest BCUT2D eigenvalue weighted by atomic mass is 35.5. The highest BCUT2D eigenvalue weighted by Gasteiger charge is 2.38. The Kier molecular flexibility index (Phi) is 4.64. The molecule has 5 heteroatoms. The standard InChI is InChI=1S/C20H22ClN3O/c21-17-7-4-8-18(13-17)23-11-9-22(10-12-23)15-24-19(14-20(24)25)16-5-2-1-3-6-16/h1-8,13,19H,9-12,14-15H2. The van der Waals surface area contributed by atoms with Gasteiger partial charge in [0.2, 0.25) is 5.91 Å². The molecule has 2 aromatic rings. The molecule has 2 aromatic carbocycles. The summed E-state index contributed by atoms with van der Waals surface area (Å²) >= 11 is 6.10. The van der Waals surface area contributed by atoms with E-state index in [2.05, 4.69) is 28.0 Å². The molecule has 2 fully saturated rings. The number of piperazine rings is 1. The second-order valence-corrected chi connectivity index (χ2v) is 7.16. The number of hydrogen-bond donors (Lipinski definition) is 0. The van der Waals surface area contributed by atoms with Gasteiger partial charge in [-0.15, -0.1) is 0 Å². The van der Waals surface area contributed by atoms with Crippen LogP contribution in [0, 0.1) is 0 Å². The molecule has 0 aliphatic carbocycles. The fourth-order valence-corrected chi connectivity index (χ4v) is 3.82. The number of rotatable bonds is 4. The topological polar surface area (TPSA) is 26.8 Å². The molecule has 1 amide bonds. The zero-order valence-electron chi connectivity index (χ0n) is 14.1. The number of benzene rings is 2. The summed E-state index contributed by atoms with van der Waals surface area (Å²) in [7, 11) is 0. The number of amides is 1. The first-order valence-electron chi connectivity index (χ1n) is 8.78. The van der Waals surface area contributed by atoms with Gasteiger partial charge in [-0.3, -0.25) is 9.69 Å². The number of anilines is 1. The molecule has 130 valence electrons. The van der Waals surface area contributed by atoms with E-state index in [1.807, 2.05) is 41.3 Å². The van der Waals surface area contributed by atoms with E-state index in [4.69, 9.17) is 11.6 Å². The number of halogens is 1. The van der Waals surface area contributed by atoms with Crippen molar-refractivity contribution in [3.8, 4) is 0 Å². The number of hydrogen-bond acceptors (Lipinski definition) is 3. The number of β-lactam (4-membered cyclic amide) rings is 1. The molecule has 0 N–H and O–H groups in total. The Morgan fingerprint density at radius 2 is 1.72 bits per heavy atom. The van der Waals surface area contributed by atoms with Crippen LogP contribution >= 0.6 is 11.6 Å². The van der Waals surface area contributed by atoms with E-state index >= 15 is 0 Å². The van der Waals surface area contributed by atoms with Crippen molar-refractivity contribution >= 4 is 23.2 Å². The molecule has 0 spiro atoms. The molecule has 25 heavy (non-hydrogen) atoms. The first-order chi connectivity index (χ1) is 12.2. The Balaban J connectivity index is 1.34. The first kappa shape index (κ1) is 16.4. The average molecular weight is 356 g/mol. The molecule has 0 saturated carbocycles. The van der Waals surface area contributed by atoms with E-state index in [-0.39, 0.29) is 11.9 Å². The van der Waals surface area contributed by atoms with Gasteiger partial charge in [0, 0.05) is 36.9 Å². The average Bonchev–Trinajstić information content (AvgIpc) is 2.65. The largest absolute Gasteiger partial charge is 0.369 e. The first-order valence-corrected chi connectivity index (χ1v) is 9.16. The number of likely N-dealkylation sites (tertiary alicyclic amines) is 1. The highest BCUT2D eigenvalue weighted by molar-refractivity contribution is 6.30. The quantitative estimate of drug-likeness (QED) is 0.786. The summed E-state index contributed by atoms with van der Waals surface area (Å²) < 4.78 is 0. The fraction of sp³-hybridized carbons (Fsp3) is 0.350. The second kappa shape index (κ2) is 7.06. The van der Waals surface area contributed by atoms with Crippen LogP contribution < -0.4 is 4.90 Å². The predicted molar refractivity (Wildman–Crippen MR) is 101 cm³/mol. The highest BCUT2D eigenvalue weighted by Crippen LogP contribution is 2.34. The molecular weight excluding hydrogens is 334 g/mol. The normalized spacial score (nSPS) is 21.3. The lowest BCUT2D eigenvalue weighted by atomic mass is 9.94. The zero-order chi connectivity index (χ0) is 17.2. The summed E-state index contributed by atoms with van der Waals surface area (Å²) in [6, 6.07) is 18.6. The van der Waals surface area contributed by atoms with E-state index in [1.54, 1.807) is 0 Å². The van der Waals surface area contributed by atoms with Crippen LogP contribution in [0.1, 0.15) is 18.0 Å². The minimum Gasteiger partial charge on any atom is -0.369 e. The van der Waals surface area contributed by atoms with Crippen molar-refractivity contribution in [2.45, 2.75) is 12.5 Å². The van der Waals surface area contributed by atoms with Crippen LogP contribution in [0.3, 0.4) is 0 Å². The Morgan fingerprint density at radius 3 is 2.40 bits per heavy atom. The number of carbonyl (C=O) groups is 1. The van der Waals surface area contributed by atoms with Gasteiger partial charge in [0.05, 0.1) is 19.1 Å². The van der Waals surface area contributed by atoms with Gasteiger partial charge in [0.1, 0.15) is 0 Å². The smallest absolute Gasteiger partial charge is 0.226 e. The molecule has 0 bridgehead atoms. The number of carbonyl (C=O) groups excluding carboxylic acids is 1. The van der Waals surface area contributed by atoms with Crippen molar-refractivity contribution < 1.29 is 4.79 Å². The molecular formula is C20H22ClN3O. The van der Waals surface area contributed by atoms with Crippen LogP contribution in [0.4, 0.5) is 5.69 Å². The predicted octanol–water partition coefficient (Wildman–Crippen LogP) is 3.39. The van der Waals surface area contributed by atoms with E-state index < -0.39 is 0 Å². The zero-order valence-corrected chi connectivity index (χ0v) is 14.9. The Bertz CT molecular complexity index is 744. The summed E-state index contributed by atoms with van der Waals surface area (Å²) in [4.78, 5) is 18.8. The third-order valence-electron chi connectivity index (χ3n) is 5.15. The Hall–Kier alpha value is -2.04. The van der Waals surface area contributed by atoms with Gasteiger partial charge in [-0.25, -0.2) is 0 Å². The monoisotopic (exact) mass is 355 g/mol. The third-order valence-corrected chi connectivity index (χ3v) is 5.38. The van der Waals surface area contributed by atoms with Crippen LogP contribution in [0.15, 0.2) is 54.6 Å². The second-order valence-electron chi connectivity index (χ2n) is 6.72. The SMILES string of the molecule is O=C1CC(c2ccccc2)N1CN1CCN(c2cccc(Cl)c2)CC1. The summed E-state index contributed by atoms with van der Waals surface area (Å²) in [5.41, 5.74) is 2.41. The van der Waals surface area contributed by atoms with E-state index in [1.165, 1.54) is 11.3 Å². The lowest BCUT2D eigenvalue weighted by molar-refractivity contribution is -0.150. The molecule has 2 heterocycles. The maximum atomic E-state index is 12.1. The van der Waals surface area contributed by atoms with Gasteiger partial charge in [-0.05, 0) is 23.8 Å². The van der Waals surface area contributed by atoms with Crippen LogP contribution in [0.25, 0.3) is 0 Å². The molecule has 0 radical (unpaired) electrons. The maximum absolute atomic E-state index is 12.1. The van der Waals surface area contributed by atoms with Crippen molar-refractivity contribution in [1.29, 1.82) is 0 Å². The van der Waals surface area contributed by atoms with Crippen LogP contribution in [0.2, 0.25) is 5.02 Å². The molecule has 1 unspecified atom stereocenters. The molecule has 1 atom stereocenters. The Morgan fingerprint density at radius 1 is 0.960 bits per heavy atom. The summed E-state index contributed by atoms with van der Waals surface area (Å²) in [6.07, 6.45) is 0.631. The van der Waals surface area contributed by atoms with Crippen LogP contribution in [-0.2, 0) is 4.79 Å². The van der Waals surface area contributed by atoms with Gasteiger partial charge < -0.3 is 9.80 Å². The summed E-state index contributed by atoms with van der Waals surface area (Å²) in [5, 5.41) is 0.775. The summed E-state index contributed by atoms with van der Waals surface area (Å²) in [6.45, 7) is 4.55. The van der Waals surface area contributed by atoms with Crippen molar-refractivity contribution in [2.24, 2.45) is 0 Å².